The molecule has 0 bridgehead atoms. The van der Waals surface area contributed by atoms with Crippen LogP contribution in [-0.2, 0) is 0 Å². The molecule has 3 aromatic carbocycles. The van der Waals surface area contributed by atoms with Crippen molar-refractivity contribution in [3.05, 3.63) is 103 Å². The molecule has 0 spiro atoms. The minimum absolute atomic E-state index is 0.103. The minimum Gasteiger partial charge on any atom is -0.258 e. The van der Waals surface area contributed by atoms with Gasteiger partial charge in [0, 0.05) is 17.7 Å². The molecule has 0 aliphatic heterocycles. The second kappa shape index (κ2) is 8.95. The van der Waals surface area contributed by atoms with Crippen LogP contribution >= 0.6 is 15.9 Å². The van der Waals surface area contributed by atoms with Crippen LogP contribution in [0.5, 0.6) is 0 Å². The van der Waals surface area contributed by atoms with E-state index in [9.17, 15) is 29.0 Å². The Morgan fingerprint density at radius 2 is 1.22 bits per heavy atom. The molecule has 0 heterocycles. The van der Waals surface area contributed by atoms with Crippen LogP contribution in [0.2, 0.25) is 0 Å². The highest BCUT2D eigenvalue weighted by Crippen LogP contribution is 2.28. The van der Waals surface area contributed by atoms with E-state index in [1.807, 2.05) is 0 Å². The maximum Gasteiger partial charge on any atom is 0.305 e. The SMILES string of the molecule is O=[N+]([O-])c1cccc(-c2ccccc2)c1F.O=[N+]([O-])c1cccc(Br)c1F. The predicted molar refractivity (Wildman–Crippen MR) is 99.2 cm³/mol. The number of benzene rings is 3. The molecule has 0 unspecified atom stereocenters. The van der Waals surface area contributed by atoms with E-state index in [0.29, 0.717) is 5.56 Å². The lowest BCUT2D eigenvalue weighted by Crippen LogP contribution is -1.94. The summed E-state index contributed by atoms with van der Waals surface area (Å²) in [6.45, 7) is 0. The highest BCUT2D eigenvalue weighted by Gasteiger charge is 2.17. The lowest BCUT2D eigenvalue weighted by Gasteiger charge is -2.02. The highest BCUT2D eigenvalue weighted by atomic mass is 79.9. The van der Waals surface area contributed by atoms with E-state index in [1.54, 1.807) is 30.3 Å². The van der Waals surface area contributed by atoms with E-state index in [4.69, 9.17) is 0 Å². The topological polar surface area (TPSA) is 86.3 Å². The van der Waals surface area contributed by atoms with Crippen LogP contribution in [0.25, 0.3) is 11.1 Å². The van der Waals surface area contributed by atoms with Crippen LogP contribution in [0.4, 0.5) is 20.2 Å². The maximum absolute atomic E-state index is 13.8. The molecule has 0 aromatic heterocycles. The van der Waals surface area contributed by atoms with Crippen LogP contribution in [0.15, 0.2) is 71.2 Å². The van der Waals surface area contributed by atoms with Crippen LogP contribution in [0.3, 0.4) is 0 Å². The fourth-order valence-electron chi connectivity index (χ4n) is 2.13. The molecule has 0 amide bonds. The zero-order valence-corrected chi connectivity index (χ0v) is 15.1. The van der Waals surface area contributed by atoms with Gasteiger partial charge in [-0.05, 0) is 27.6 Å². The molecule has 3 rings (SSSR count). The number of hydrogen-bond donors (Lipinski definition) is 0. The largest absolute Gasteiger partial charge is 0.305 e. The van der Waals surface area contributed by atoms with Crippen molar-refractivity contribution >= 4 is 27.3 Å². The summed E-state index contributed by atoms with van der Waals surface area (Å²) in [6.07, 6.45) is 0. The van der Waals surface area contributed by atoms with Crippen LogP contribution < -0.4 is 0 Å². The van der Waals surface area contributed by atoms with Gasteiger partial charge in [-0.15, -0.1) is 0 Å². The normalized spacial score (nSPS) is 9.89. The molecule has 27 heavy (non-hydrogen) atoms. The van der Waals surface area contributed by atoms with Gasteiger partial charge in [0.1, 0.15) is 0 Å². The molecule has 0 N–H and O–H groups in total. The summed E-state index contributed by atoms with van der Waals surface area (Å²) >= 11 is 2.83. The zero-order chi connectivity index (χ0) is 20.0. The first kappa shape index (κ1) is 20.1. The van der Waals surface area contributed by atoms with E-state index in [0.717, 1.165) is 12.1 Å². The van der Waals surface area contributed by atoms with Crippen molar-refractivity contribution in [1.29, 1.82) is 0 Å². The van der Waals surface area contributed by atoms with Gasteiger partial charge in [-0.2, -0.15) is 8.78 Å². The molecular weight excluding hydrogens is 426 g/mol. The number of nitrogens with zero attached hydrogens (tertiary/aromatic N) is 2. The Kier molecular flexibility index (Phi) is 6.67. The summed E-state index contributed by atoms with van der Waals surface area (Å²) in [7, 11) is 0. The first-order chi connectivity index (χ1) is 12.8. The third kappa shape index (κ3) is 4.91. The van der Waals surface area contributed by atoms with Crippen LogP contribution in [-0.4, -0.2) is 9.85 Å². The fourth-order valence-corrected chi connectivity index (χ4v) is 2.49. The molecule has 6 nitrogen and oxygen atoms in total. The van der Waals surface area contributed by atoms with Crippen molar-refractivity contribution in [1.82, 2.24) is 0 Å². The molecule has 0 aliphatic carbocycles. The van der Waals surface area contributed by atoms with E-state index >= 15 is 0 Å². The number of halogens is 3. The third-order valence-corrected chi connectivity index (χ3v) is 4.00. The van der Waals surface area contributed by atoms with Crippen LogP contribution in [0.1, 0.15) is 0 Å². The van der Waals surface area contributed by atoms with E-state index in [1.165, 1.54) is 24.3 Å². The van der Waals surface area contributed by atoms with Gasteiger partial charge in [0.05, 0.1) is 14.3 Å². The second-order valence-electron chi connectivity index (χ2n) is 5.09. The summed E-state index contributed by atoms with van der Waals surface area (Å²) in [5, 5.41) is 20.7. The van der Waals surface area contributed by atoms with Gasteiger partial charge in [-0.3, -0.25) is 20.2 Å². The van der Waals surface area contributed by atoms with Crippen molar-refractivity contribution in [3.63, 3.8) is 0 Å². The Hall–Kier alpha value is -3.20. The Labute approximate surface area is 160 Å². The third-order valence-electron chi connectivity index (χ3n) is 3.39. The summed E-state index contributed by atoms with van der Waals surface area (Å²) in [6, 6.07) is 16.8. The average Bonchev–Trinajstić information content (AvgIpc) is 2.65. The summed E-state index contributed by atoms with van der Waals surface area (Å²) in [5.41, 5.74) is -0.140. The number of rotatable bonds is 3. The van der Waals surface area contributed by atoms with Crippen molar-refractivity contribution < 1.29 is 18.6 Å². The maximum atomic E-state index is 13.8. The monoisotopic (exact) mass is 436 g/mol. The smallest absolute Gasteiger partial charge is 0.258 e. The molecule has 0 atom stereocenters. The lowest BCUT2D eigenvalue weighted by molar-refractivity contribution is -0.387. The molecule has 9 heteroatoms. The van der Waals surface area contributed by atoms with E-state index in [-0.39, 0.29) is 10.0 Å². The second-order valence-corrected chi connectivity index (χ2v) is 5.95. The van der Waals surface area contributed by atoms with Gasteiger partial charge in [0.15, 0.2) is 0 Å². The molecule has 0 saturated heterocycles. The Bertz CT molecular complexity index is 984. The average molecular weight is 437 g/mol. The van der Waals surface area contributed by atoms with Crippen molar-refractivity contribution in [2.24, 2.45) is 0 Å². The zero-order valence-electron chi connectivity index (χ0n) is 13.5. The first-order valence-corrected chi connectivity index (χ1v) is 8.19. The van der Waals surface area contributed by atoms with Crippen molar-refractivity contribution in [2.75, 3.05) is 0 Å². The predicted octanol–water partition coefficient (Wildman–Crippen LogP) is 5.90. The van der Waals surface area contributed by atoms with Crippen molar-refractivity contribution in [2.45, 2.75) is 0 Å². The van der Waals surface area contributed by atoms with Gasteiger partial charge < -0.3 is 0 Å². The molecule has 0 fully saturated rings. The van der Waals surface area contributed by atoms with E-state index < -0.39 is 32.9 Å². The summed E-state index contributed by atoms with van der Waals surface area (Å²) in [5.74, 6) is -1.63. The van der Waals surface area contributed by atoms with Gasteiger partial charge in [0.25, 0.3) is 0 Å². The number of nitro benzene ring substituents is 2. The quantitative estimate of drug-likeness (QED) is 0.377. The number of nitro groups is 2. The van der Waals surface area contributed by atoms with Crippen molar-refractivity contribution in [3.8, 4) is 11.1 Å². The van der Waals surface area contributed by atoms with Gasteiger partial charge >= 0.3 is 11.4 Å². The molecule has 0 aliphatic rings. The Balaban J connectivity index is 0.000000208. The summed E-state index contributed by atoms with van der Waals surface area (Å²) < 4.78 is 26.6. The van der Waals surface area contributed by atoms with Gasteiger partial charge in [-0.1, -0.05) is 48.5 Å². The molecule has 138 valence electrons. The molecule has 0 radical (unpaired) electrons. The number of hydrogen-bond acceptors (Lipinski definition) is 4. The lowest BCUT2D eigenvalue weighted by atomic mass is 10.0. The highest BCUT2D eigenvalue weighted by molar-refractivity contribution is 9.10. The molecule has 0 saturated carbocycles. The van der Waals surface area contributed by atoms with Gasteiger partial charge in [-0.25, -0.2) is 0 Å². The van der Waals surface area contributed by atoms with Gasteiger partial charge in [0.2, 0.25) is 11.6 Å². The Morgan fingerprint density at radius 1 is 0.704 bits per heavy atom. The minimum atomic E-state index is -0.836. The Morgan fingerprint density at radius 3 is 1.74 bits per heavy atom. The van der Waals surface area contributed by atoms with Crippen LogP contribution in [0, 0.1) is 31.9 Å². The summed E-state index contributed by atoms with van der Waals surface area (Å²) in [4.78, 5) is 19.2. The standard InChI is InChI=1S/C12H8FNO2.C6H3BrFNO2/c13-12-10(9-5-2-1-3-6-9)7-4-8-11(12)14(15)16;7-4-2-1-3-5(6(4)8)9(10)11/h1-8H;1-3H. The molecular formula is C18H11BrF2N2O4. The molecule has 3 aromatic rings. The fraction of sp³-hybridized carbons (Fsp3) is 0. The first-order valence-electron chi connectivity index (χ1n) is 7.39. The van der Waals surface area contributed by atoms with E-state index in [2.05, 4.69) is 15.9 Å².